The van der Waals surface area contributed by atoms with Crippen LogP contribution >= 0.6 is 0 Å². The second kappa shape index (κ2) is 10.4. The predicted molar refractivity (Wildman–Crippen MR) is 163 cm³/mol. The van der Waals surface area contributed by atoms with E-state index in [2.05, 4.69) is 5.32 Å². The molecule has 0 bridgehead atoms. The van der Waals surface area contributed by atoms with Crippen LogP contribution in [-0.2, 0) is 20.8 Å². The molecule has 226 valence electrons. The summed E-state index contributed by atoms with van der Waals surface area (Å²) in [6.07, 6.45) is 0.854. The van der Waals surface area contributed by atoms with E-state index in [9.17, 15) is 29.1 Å². The second-order valence-corrected chi connectivity index (χ2v) is 13.6. The van der Waals surface area contributed by atoms with E-state index in [4.69, 9.17) is 0 Å². The van der Waals surface area contributed by atoms with Crippen molar-refractivity contribution in [3.63, 3.8) is 0 Å². The number of ketones is 4. The molecule has 0 heterocycles. The van der Waals surface area contributed by atoms with Crippen LogP contribution in [0.25, 0.3) is 11.1 Å². The lowest BCUT2D eigenvalue weighted by Gasteiger charge is -2.59. The summed E-state index contributed by atoms with van der Waals surface area (Å²) in [7, 11) is 3.87. The Labute approximate surface area is 252 Å². The highest BCUT2D eigenvalue weighted by atomic mass is 16.3. The van der Waals surface area contributed by atoms with Gasteiger partial charge in [-0.3, -0.25) is 24.0 Å². The van der Waals surface area contributed by atoms with Gasteiger partial charge < -0.3 is 15.3 Å². The molecule has 0 spiro atoms. The van der Waals surface area contributed by atoms with Gasteiger partial charge in [0.05, 0.1) is 11.0 Å². The lowest BCUT2D eigenvalue weighted by molar-refractivity contribution is -0.157. The Bertz CT molecular complexity index is 1640. The Balaban J connectivity index is 1.63. The van der Waals surface area contributed by atoms with Gasteiger partial charge in [-0.1, -0.05) is 37.6 Å². The third-order valence-corrected chi connectivity index (χ3v) is 10.4. The van der Waals surface area contributed by atoms with E-state index >= 15 is 0 Å². The maximum absolute atomic E-state index is 14.4. The van der Waals surface area contributed by atoms with Gasteiger partial charge in [-0.2, -0.15) is 0 Å². The number of fused-ring (bicyclic) bond motifs is 3. The highest BCUT2D eigenvalue weighted by Gasteiger charge is 2.66. The van der Waals surface area contributed by atoms with E-state index < -0.39 is 33.7 Å². The summed E-state index contributed by atoms with van der Waals surface area (Å²) in [4.78, 5) is 68.7. The number of aromatic hydroxyl groups is 1. The van der Waals surface area contributed by atoms with Gasteiger partial charge in [-0.05, 0) is 88.0 Å². The van der Waals surface area contributed by atoms with E-state index in [0.717, 1.165) is 11.1 Å². The molecule has 2 N–H and O–H groups in total. The number of carbonyl (C=O) groups is 5. The van der Waals surface area contributed by atoms with Crippen molar-refractivity contribution in [3.05, 3.63) is 64.2 Å². The fourth-order valence-electron chi connectivity index (χ4n) is 8.11. The average Bonchev–Trinajstić information content (AvgIpc) is 2.90. The third-order valence-electron chi connectivity index (χ3n) is 10.4. The first-order chi connectivity index (χ1) is 20.1. The smallest absolute Gasteiger partial charge is 0.251 e. The number of carbonyl (C=O) groups excluding carboxylic acids is 5. The normalized spacial score (nSPS) is 28.4. The highest BCUT2D eigenvalue weighted by molar-refractivity contribution is 6.24. The lowest BCUT2D eigenvalue weighted by atomic mass is 9.42. The molecule has 4 atom stereocenters. The fraction of sp³-hybridized carbons (Fsp3) is 0.457. The molecule has 1 unspecified atom stereocenters. The number of allylic oxidation sites excluding steroid dienone is 2. The zero-order valence-corrected chi connectivity index (χ0v) is 26.0. The van der Waals surface area contributed by atoms with Gasteiger partial charge in [0.1, 0.15) is 17.5 Å². The van der Waals surface area contributed by atoms with E-state index in [1.807, 2.05) is 38.9 Å². The molecule has 8 nitrogen and oxygen atoms in total. The number of hydrogen-bond acceptors (Lipinski definition) is 7. The Morgan fingerprint density at radius 3 is 2.40 bits per heavy atom. The predicted octanol–water partition coefficient (Wildman–Crippen LogP) is 4.58. The number of nitrogens with zero attached hydrogens (tertiary/aromatic N) is 1. The number of Topliss-reactive ketones (excluding diaryl/α,β-unsaturated/α-hetero) is 4. The van der Waals surface area contributed by atoms with Crippen molar-refractivity contribution in [1.82, 2.24) is 10.2 Å². The van der Waals surface area contributed by atoms with Crippen molar-refractivity contribution < 1.29 is 29.1 Å². The van der Waals surface area contributed by atoms with Crippen LogP contribution in [0.5, 0.6) is 5.75 Å². The average molecular weight is 585 g/mol. The number of phenols is 1. The van der Waals surface area contributed by atoms with Crippen molar-refractivity contribution in [3.8, 4) is 16.9 Å². The van der Waals surface area contributed by atoms with Gasteiger partial charge in [0.15, 0.2) is 17.3 Å². The monoisotopic (exact) mass is 584 g/mol. The summed E-state index contributed by atoms with van der Waals surface area (Å²) < 4.78 is 0. The van der Waals surface area contributed by atoms with Crippen LogP contribution in [0.3, 0.4) is 0 Å². The van der Waals surface area contributed by atoms with Crippen molar-refractivity contribution in [2.24, 2.45) is 22.2 Å². The van der Waals surface area contributed by atoms with Crippen LogP contribution < -0.4 is 5.32 Å². The summed E-state index contributed by atoms with van der Waals surface area (Å²) in [5, 5.41) is 14.0. The summed E-state index contributed by atoms with van der Waals surface area (Å²) in [5.41, 5.74) is 1.20. The zero-order chi connectivity index (χ0) is 31.6. The van der Waals surface area contributed by atoms with Crippen molar-refractivity contribution in [2.75, 3.05) is 27.2 Å². The van der Waals surface area contributed by atoms with E-state index in [1.165, 1.54) is 13.0 Å². The Hall–Kier alpha value is -3.91. The molecular formula is C35H40N2O6. The summed E-state index contributed by atoms with van der Waals surface area (Å²) in [5.74, 6) is -3.28. The van der Waals surface area contributed by atoms with Crippen LogP contribution in [0.2, 0.25) is 0 Å². The van der Waals surface area contributed by atoms with Gasteiger partial charge >= 0.3 is 0 Å². The van der Waals surface area contributed by atoms with Gasteiger partial charge in [-0.15, -0.1) is 0 Å². The van der Waals surface area contributed by atoms with E-state index in [-0.39, 0.29) is 35.2 Å². The number of amides is 1. The number of hydrogen-bond donors (Lipinski definition) is 2. The van der Waals surface area contributed by atoms with Crippen molar-refractivity contribution in [1.29, 1.82) is 0 Å². The van der Waals surface area contributed by atoms with E-state index in [1.54, 1.807) is 38.1 Å². The molecule has 0 radical (unpaired) electrons. The molecule has 43 heavy (non-hydrogen) atoms. The molecule has 0 saturated heterocycles. The minimum Gasteiger partial charge on any atom is -0.507 e. The minimum absolute atomic E-state index is 0.0681. The molecule has 0 aliphatic heterocycles. The Kier molecular flexibility index (Phi) is 7.37. The van der Waals surface area contributed by atoms with Gasteiger partial charge in [-0.25, -0.2) is 0 Å². The topological polar surface area (TPSA) is 121 Å². The summed E-state index contributed by atoms with van der Waals surface area (Å²) >= 11 is 0. The number of phenolic OH excluding ortho intramolecular Hbond substituents is 1. The molecule has 0 aromatic heterocycles. The molecule has 5 rings (SSSR count). The highest BCUT2D eigenvalue weighted by Crippen LogP contribution is 2.66. The third kappa shape index (κ3) is 4.58. The molecule has 1 fully saturated rings. The molecule has 3 aliphatic rings. The molecule has 2 aromatic carbocycles. The van der Waals surface area contributed by atoms with Crippen molar-refractivity contribution >= 4 is 29.0 Å². The van der Waals surface area contributed by atoms with Crippen LogP contribution in [0.1, 0.15) is 73.7 Å². The Morgan fingerprint density at radius 1 is 1.05 bits per heavy atom. The standard InChI is InChI=1S/C35H40N2O6/c1-19-29-30(41)28-24(16-33(29,3)18-34(4)17-26(40)27(20(2)38)31(42)35(19,34)5)23(11-12-25(28)39)21-9-8-10-22(15-21)32(43)36-13-14-37(6)7/h8-12,15,27,39H,13-14,16-18H2,1-7H3,(H,36,43)/t27?,33-,34+,35+/m0/s1. The summed E-state index contributed by atoms with van der Waals surface area (Å²) in [6, 6.07) is 10.5. The maximum atomic E-state index is 14.4. The van der Waals surface area contributed by atoms with Crippen LogP contribution in [0, 0.1) is 22.2 Å². The number of benzene rings is 2. The molecule has 8 heteroatoms. The second-order valence-electron chi connectivity index (χ2n) is 13.6. The van der Waals surface area contributed by atoms with Crippen LogP contribution in [-0.4, -0.2) is 66.2 Å². The fourth-order valence-corrected chi connectivity index (χ4v) is 8.11. The van der Waals surface area contributed by atoms with Gasteiger partial charge in [0, 0.05) is 36.1 Å². The van der Waals surface area contributed by atoms with Gasteiger partial charge in [0.25, 0.3) is 5.91 Å². The molecule has 1 saturated carbocycles. The first-order valence-electron chi connectivity index (χ1n) is 14.8. The molecule has 2 aromatic rings. The summed E-state index contributed by atoms with van der Waals surface area (Å²) in [6.45, 7) is 9.94. The first kappa shape index (κ1) is 30.5. The SMILES string of the molecule is CC(=O)C1C(=O)C[C@]2(C)C[C@]3(C)Cc4c(-c5cccc(C(=O)NCCN(C)C)c5)ccc(O)c4C(=O)C3=C(C)[C@]2(C)C1=O. The number of rotatable bonds is 6. The van der Waals surface area contributed by atoms with Gasteiger partial charge in [0.2, 0.25) is 0 Å². The number of likely N-dealkylation sites (N-methyl/N-ethyl adjacent to an activating group) is 1. The minimum atomic E-state index is -1.32. The maximum Gasteiger partial charge on any atom is 0.251 e. The largest absolute Gasteiger partial charge is 0.507 e. The number of nitrogens with one attached hydrogen (secondary N) is 1. The molecule has 1 amide bonds. The lowest BCUT2D eigenvalue weighted by Crippen LogP contribution is -2.61. The molecular weight excluding hydrogens is 544 g/mol. The van der Waals surface area contributed by atoms with E-state index in [0.29, 0.717) is 48.2 Å². The first-order valence-corrected chi connectivity index (χ1v) is 14.8. The quantitative estimate of drug-likeness (QED) is 0.477. The molecule has 3 aliphatic carbocycles. The van der Waals surface area contributed by atoms with Crippen molar-refractivity contribution in [2.45, 2.75) is 53.9 Å². The van der Waals surface area contributed by atoms with Crippen LogP contribution in [0.4, 0.5) is 0 Å². The zero-order valence-electron chi connectivity index (χ0n) is 26.0. The Morgan fingerprint density at radius 2 is 1.74 bits per heavy atom. The van der Waals surface area contributed by atoms with Crippen LogP contribution in [0.15, 0.2) is 47.5 Å².